The Morgan fingerprint density at radius 2 is 2.24 bits per heavy atom. The van der Waals surface area contributed by atoms with Gasteiger partial charge < -0.3 is 15.2 Å². The molecule has 1 atom stereocenters. The van der Waals surface area contributed by atoms with Crippen molar-refractivity contribution in [3.63, 3.8) is 0 Å². The third kappa shape index (κ3) is 5.30. The third-order valence-corrected chi connectivity index (χ3v) is 3.55. The second-order valence-corrected chi connectivity index (χ2v) is 5.13. The van der Waals surface area contributed by atoms with Crippen molar-refractivity contribution in [1.29, 1.82) is 0 Å². The molecule has 0 spiro atoms. The van der Waals surface area contributed by atoms with Crippen molar-refractivity contribution >= 4 is 17.3 Å². The lowest BCUT2D eigenvalue weighted by Gasteiger charge is -2.14. The van der Waals surface area contributed by atoms with E-state index in [0.717, 1.165) is 22.7 Å². The molecule has 4 nitrogen and oxygen atoms in total. The summed E-state index contributed by atoms with van der Waals surface area (Å²) in [6.07, 6.45) is 1.13. The van der Waals surface area contributed by atoms with Crippen LogP contribution in [-0.4, -0.2) is 30.8 Å². The number of rotatable bonds is 8. The van der Waals surface area contributed by atoms with Crippen molar-refractivity contribution in [2.45, 2.75) is 32.4 Å². The van der Waals surface area contributed by atoms with E-state index in [0.29, 0.717) is 12.6 Å². The number of carbonyl (C=O) groups is 1. The van der Waals surface area contributed by atoms with E-state index in [1.165, 1.54) is 0 Å². The summed E-state index contributed by atoms with van der Waals surface area (Å²) < 4.78 is 5.10. The Balaban J connectivity index is 2.40. The van der Waals surface area contributed by atoms with Crippen molar-refractivity contribution in [3.8, 4) is 0 Å². The van der Waals surface area contributed by atoms with E-state index >= 15 is 0 Å². The van der Waals surface area contributed by atoms with Gasteiger partial charge in [-0.2, -0.15) is 0 Å². The molecule has 17 heavy (non-hydrogen) atoms. The lowest BCUT2D eigenvalue weighted by molar-refractivity contribution is -0.136. The maximum Gasteiger partial charge on any atom is 0.308 e. The predicted octanol–water partition coefficient (Wildman–Crippen LogP) is 1.89. The van der Waals surface area contributed by atoms with Gasteiger partial charge in [0.2, 0.25) is 0 Å². The molecule has 0 saturated heterocycles. The van der Waals surface area contributed by atoms with Crippen LogP contribution < -0.4 is 5.32 Å². The van der Waals surface area contributed by atoms with Gasteiger partial charge >= 0.3 is 5.97 Å². The van der Waals surface area contributed by atoms with Crippen LogP contribution in [0.5, 0.6) is 0 Å². The van der Waals surface area contributed by atoms with Crippen LogP contribution >= 0.6 is 11.3 Å². The third-order valence-electron chi connectivity index (χ3n) is 2.47. The first kappa shape index (κ1) is 14.2. The number of hydrogen-bond donors (Lipinski definition) is 2. The number of aliphatic carboxylic acids is 1. The molecule has 0 aromatic carbocycles. The van der Waals surface area contributed by atoms with Crippen LogP contribution in [-0.2, 0) is 22.5 Å². The maximum absolute atomic E-state index is 10.6. The van der Waals surface area contributed by atoms with E-state index in [4.69, 9.17) is 9.84 Å². The van der Waals surface area contributed by atoms with Gasteiger partial charge in [-0.15, -0.1) is 11.3 Å². The number of hydrogen-bond acceptors (Lipinski definition) is 4. The minimum absolute atomic E-state index is 0.111. The zero-order valence-corrected chi connectivity index (χ0v) is 11.0. The number of nitrogens with one attached hydrogen (secondary N) is 1. The summed E-state index contributed by atoms with van der Waals surface area (Å²) in [5.41, 5.74) is 0. The number of ether oxygens (including phenoxy) is 1. The van der Waals surface area contributed by atoms with Crippen molar-refractivity contribution in [3.05, 3.63) is 21.9 Å². The fraction of sp³-hybridized carbons (Fsp3) is 0.583. The topological polar surface area (TPSA) is 58.6 Å². The van der Waals surface area contributed by atoms with E-state index in [9.17, 15) is 4.79 Å². The Morgan fingerprint density at radius 3 is 2.82 bits per heavy atom. The molecule has 0 aliphatic heterocycles. The first-order valence-electron chi connectivity index (χ1n) is 5.67. The van der Waals surface area contributed by atoms with Gasteiger partial charge in [-0.05, 0) is 18.6 Å². The summed E-state index contributed by atoms with van der Waals surface area (Å²) >= 11 is 1.55. The molecule has 0 aliphatic rings. The van der Waals surface area contributed by atoms with Crippen LogP contribution in [0.25, 0.3) is 0 Å². The number of methoxy groups -OCH3 is 1. The lowest BCUT2D eigenvalue weighted by Crippen LogP contribution is -2.31. The Labute approximate surface area is 106 Å². The maximum atomic E-state index is 10.6. The van der Waals surface area contributed by atoms with Gasteiger partial charge in [0.05, 0.1) is 13.0 Å². The highest BCUT2D eigenvalue weighted by Gasteiger charge is 2.07. The quantitative estimate of drug-likeness (QED) is 0.746. The normalized spacial score (nSPS) is 12.6. The van der Waals surface area contributed by atoms with Crippen LogP contribution in [0.3, 0.4) is 0 Å². The fourth-order valence-corrected chi connectivity index (χ4v) is 2.49. The highest BCUT2D eigenvalue weighted by molar-refractivity contribution is 7.12. The van der Waals surface area contributed by atoms with Gasteiger partial charge in [-0.25, -0.2) is 0 Å². The van der Waals surface area contributed by atoms with Crippen molar-refractivity contribution < 1.29 is 14.6 Å². The second kappa shape index (κ2) is 7.42. The molecule has 2 N–H and O–H groups in total. The SMILES string of the molecule is CCC(COC)NCc1ccc(CC(=O)O)s1. The predicted molar refractivity (Wildman–Crippen MR) is 68.5 cm³/mol. The molecule has 1 aromatic heterocycles. The number of carboxylic acid groups (broad SMARTS) is 1. The van der Waals surface area contributed by atoms with Crippen molar-refractivity contribution in [2.24, 2.45) is 0 Å². The second-order valence-electron chi connectivity index (χ2n) is 3.88. The van der Waals surface area contributed by atoms with Gasteiger partial charge in [-0.3, -0.25) is 4.79 Å². The molecule has 0 bridgehead atoms. The molecule has 1 unspecified atom stereocenters. The highest BCUT2D eigenvalue weighted by atomic mass is 32.1. The number of carboxylic acids is 1. The molecule has 0 aliphatic carbocycles. The van der Waals surface area contributed by atoms with Gasteiger partial charge in [0, 0.05) is 29.5 Å². The highest BCUT2D eigenvalue weighted by Crippen LogP contribution is 2.17. The molecule has 0 fully saturated rings. The lowest BCUT2D eigenvalue weighted by atomic mass is 10.2. The molecule has 0 amide bonds. The average molecular weight is 257 g/mol. The van der Waals surface area contributed by atoms with Gasteiger partial charge in [0.1, 0.15) is 0 Å². The van der Waals surface area contributed by atoms with Gasteiger partial charge in [0.25, 0.3) is 0 Å². The van der Waals surface area contributed by atoms with E-state index < -0.39 is 5.97 Å². The summed E-state index contributed by atoms with van der Waals surface area (Å²) in [7, 11) is 1.69. The van der Waals surface area contributed by atoms with E-state index in [2.05, 4.69) is 12.2 Å². The Hall–Kier alpha value is -0.910. The Kier molecular flexibility index (Phi) is 6.18. The molecule has 1 rings (SSSR count). The largest absolute Gasteiger partial charge is 0.481 e. The number of thiophene rings is 1. The van der Waals surface area contributed by atoms with Gasteiger partial charge in [0.15, 0.2) is 0 Å². The van der Waals surface area contributed by atoms with Crippen molar-refractivity contribution in [2.75, 3.05) is 13.7 Å². The summed E-state index contributed by atoms with van der Waals surface area (Å²) in [6, 6.07) is 4.22. The standard InChI is InChI=1S/C12H19NO3S/c1-3-9(8-16-2)13-7-11-5-4-10(17-11)6-12(14)15/h4-5,9,13H,3,6-8H2,1-2H3,(H,14,15). The van der Waals surface area contributed by atoms with Crippen LogP contribution in [0.15, 0.2) is 12.1 Å². The minimum atomic E-state index is -0.780. The molecular formula is C12H19NO3S. The summed E-state index contributed by atoms with van der Waals surface area (Å²) in [5, 5.41) is 12.1. The molecule has 0 radical (unpaired) electrons. The minimum Gasteiger partial charge on any atom is -0.481 e. The van der Waals surface area contributed by atoms with E-state index in [1.54, 1.807) is 18.4 Å². The molecule has 1 heterocycles. The Bertz CT molecular complexity index is 351. The van der Waals surface area contributed by atoms with Crippen molar-refractivity contribution in [1.82, 2.24) is 5.32 Å². The summed E-state index contributed by atoms with van der Waals surface area (Å²) in [4.78, 5) is 12.6. The smallest absolute Gasteiger partial charge is 0.308 e. The first-order valence-corrected chi connectivity index (χ1v) is 6.49. The molecule has 96 valence electrons. The van der Waals surface area contributed by atoms with Crippen LogP contribution in [0, 0.1) is 0 Å². The van der Waals surface area contributed by atoms with Crippen LogP contribution in [0.2, 0.25) is 0 Å². The van der Waals surface area contributed by atoms with E-state index in [-0.39, 0.29) is 6.42 Å². The van der Waals surface area contributed by atoms with E-state index in [1.807, 2.05) is 12.1 Å². The zero-order chi connectivity index (χ0) is 12.7. The molecule has 1 aromatic rings. The van der Waals surface area contributed by atoms with Gasteiger partial charge in [-0.1, -0.05) is 6.92 Å². The fourth-order valence-electron chi connectivity index (χ4n) is 1.53. The summed E-state index contributed by atoms with van der Waals surface area (Å²) in [6.45, 7) is 3.58. The molecule has 5 heteroatoms. The Morgan fingerprint density at radius 1 is 1.53 bits per heavy atom. The molecule has 0 saturated carbocycles. The average Bonchev–Trinajstić information content (AvgIpc) is 2.71. The monoisotopic (exact) mass is 257 g/mol. The zero-order valence-electron chi connectivity index (χ0n) is 10.2. The van der Waals surface area contributed by atoms with Crippen LogP contribution in [0.1, 0.15) is 23.1 Å². The molecular weight excluding hydrogens is 238 g/mol. The first-order chi connectivity index (χ1) is 8.15. The van der Waals surface area contributed by atoms with Crippen LogP contribution in [0.4, 0.5) is 0 Å². The summed E-state index contributed by atoms with van der Waals surface area (Å²) in [5.74, 6) is -0.780.